The summed E-state index contributed by atoms with van der Waals surface area (Å²) in [5.41, 5.74) is 7.09. The first-order chi connectivity index (χ1) is 7.16. The van der Waals surface area contributed by atoms with E-state index in [-0.39, 0.29) is 5.82 Å². The topological polar surface area (TPSA) is 43.8 Å². The highest BCUT2D eigenvalue weighted by atomic mass is 19.1. The van der Waals surface area contributed by atoms with Crippen molar-refractivity contribution in [1.82, 2.24) is 9.78 Å². The number of anilines is 1. The van der Waals surface area contributed by atoms with Crippen LogP contribution in [0.25, 0.3) is 0 Å². The first kappa shape index (κ1) is 9.71. The summed E-state index contributed by atoms with van der Waals surface area (Å²) in [6.07, 6.45) is 0. The van der Waals surface area contributed by atoms with Crippen LogP contribution in [0, 0.1) is 12.7 Å². The Kier molecular flexibility index (Phi) is 2.41. The smallest absolute Gasteiger partial charge is 0.145 e. The standard InChI is InChI=1S/C11H12FN3/c1-8-6-11(13)14-15(8)7-9-4-2-3-5-10(9)12/h2-6H,7H2,1H3,(H2,13,14). The molecule has 0 fully saturated rings. The Labute approximate surface area is 87.3 Å². The molecule has 1 aromatic heterocycles. The Hall–Kier alpha value is -1.84. The lowest BCUT2D eigenvalue weighted by Crippen LogP contribution is -2.05. The van der Waals surface area contributed by atoms with Crippen molar-refractivity contribution >= 4 is 5.82 Å². The second-order valence-electron chi connectivity index (χ2n) is 3.46. The van der Waals surface area contributed by atoms with Crippen LogP contribution in [0.3, 0.4) is 0 Å². The fourth-order valence-electron chi connectivity index (χ4n) is 1.48. The molecule has 4 heteroatoms. The Morgan fingerprint density at radius 2 is 2.13 bits per heavy atom. The normalized spacial score (nSPS) is 10.5. The maximum Gasteiger partial charge on any atom is 0.145 e. The molecule has 0 bridgehead atoms. The van der Waals surface area contributed by atoms with Gasteiger partial charge in [0.2, 0.25) is 0 Å². The second-order valence-corrected chi connectivity index (χ2v) is 3.46. The van der Waals surface area contributed by atoms with Gasteiger partial charge in [0, 0.05) is 17.3 Å². The molecular weight excluding hydrogens is 193 g/mol. The van der Waals surface area contributed by atoms with Gasteiger partial charge >= 0.3 is 0 Å². The molecule has 0 aliphatic rings. The summed E-state index contributed by atoms with van der Waals surface area (Å²) in [6.45, 7) is 2.31. The van der Waals surface area contributed by atoms with Gasteiger partial charge in [-0.25, -0.2) is 4.39 Å². The molecular formula is C11H12FN3. The number of nitrogens with two attached hydrogens (primary N) is 1. The van der Waals surface area contributed by atoms with Crippen molar-refractivity contribution < 1.29 is 4.39 Å². The van der Waals surface area contributed by atoms with Crippen molar-refractivity contribution in [2.45, 2.75) is 13.5 Å². The summed E-state index contributed by atoms with van der Waals surface area (Å²) in [7, 11) is 0. The van der Waals surface area contributed by atoms with Crippen LogP contribution < -0.4 is 5.73 Å². The summed E-state index contributed by atoms with van der Waals surface area (Å²) in [4.78, 5) is 0. The van der Waals surface area contributed by atoms with Gasteiger partial charge in [-0.05, 0) is 13.0 Å². The highest BCUT2D eigenvalue weighted by Crippen LogP contribution is 2.11. The molecule has 15 heavy (non-hydrogen) atoms. The number of benzene rings is 1. The van der Waals surface area contributed by atoms with Crippen LogP contribution in [0.5, 0.6) is 0 Å². The number of aromatic nitrogens is 2. The van der Waals surface area contributed by atoms with Gasteiger partial charge in [-0.1, -0.05) is 18.2 Å². The van der Waals surface area contributed by atoms with Crippen LogP contribution in [0.1, 0.15) is 11.3 Å². The zero-order valence-corrected chi connectivity index (χ0v) is 8.44. The summed E-state index contributed by atoms with van der Waals surface area (Å²) < 4.78 is 15.0. The molecule has 0 atom stereocenters. The molecule has 78 valence electrons. The van der Waals surface area contributed by atoms with Crippen LogP contribution in [0.2, 0.25) is 0 Å². The lowest BCUT2D eigenvalue weighted by Gasteiger charge is -2.05. The summed E-state index contributed by atoms with van der Waals surface area (Å²) in [5, 5.41) is 4.07. The van der Waals surface area contributed by atoms with Gasteiger partial charge in [0.15, 0.2) is 0 Å². The SMILES string of the molecule is Cc1cc(N)nn1Cc1ccccc1F. The van der Waals surface area contributed by atoms with Gasteiger partial charge in [0.25, 0.3) is 0 Å². The lowest BCUT2D eigenvalue weighted by atomic mass is 10.2. The average molecular weight is 205 g/mol. The highest BCUT2D eigenvalue weighted by molar-refractivity contribution is 5.29. The largest absolute Gasteiger partial charge is 0.382 e. The minimum atomic E-state index is -0.217. The summed E-state index contributed by atoms with van der Waals surface area (Å²) in [6, 6.07) is 8.43. The van der Waals surface area contributed by atoms with Crippen molar-refractivity contribution in [3.63, 3.8) is 0 Å². The number of hydrogen-bond acceptors (Lipinski definition) is 2. The fraction of sp³-hybridized carbons (Fsp3) is 0.182. The van der Waals surface area contributed by atoms with Gasteiger partial charge in [0.1, 0.15) is 11.6 Å². The fourth-order valence-corrected chi connectivity index (χ4v) is 1.48. The number of hydrogen-bond donors (Lipinski definition) is 1. The van der Waals surface area contributed by atoms with E-state index in [0.717, 1.165) is 5.69 Å². The monoisotopic (exact) mass is 205 g/mol. The molecule has 0 amide bonds. The second kappa shape index (κ2) is 3.73. The van der Waals surface area contributed by atoms with Gasteiger partial charge in [0.05, 0.1) is 6.54 Å². The molecule has 1 aromatic carbocycles. The van der Waals surface area contributed by atoms with Crippen molar-refractivity contribution in [2.24, 2.45) is 0 Å². The number of halogens is 1. The molecule has 1 heterocycles. The molecule has 3 nitrogen and oxygen atoms in total. The van der Waals surface area contributed by atoms with Crippen LogP contribution in [-0.2, 0) is 6.54 Å². The molecule has 2 N–H and O–H groups in total. The molecule has 2 rings (SSSR count). The molecule has 0 spiro atoms. The van der Waals surface area contributed by atoms with E-state index in [1.807, 2.05) is 6.92 Å². The Balaban J connectivity index is 2.29. The Morgan fingerprint density at radius 3 is 2.73 bits per heavy atom. The van der Waals surface area contributed by atoms with E-state index < -0.39 is 0 Å². The van der Waals surface area contributed by atoms with E-state index in [1.165, 1.54) is 6.07 Å². The van der Waals surface area contributed by atoms with Crippen molar-refractivity contribution in [2.75, 3.05) is 5.73 Å². The third-order valence-electron chi connectivity index (χ3n) is 2.28. The number of nitrogens with zero attached hydrogens (tertiary/aromatic N) is 2. The average Bonchev–Trinajstić information content (AvgIpc) is 2.49. The third-order valence-corrected chi connectivity index (χ3v) is 2.28. The van der Waals surface area contributed by atoms with Gasteiger partial charge in [-0.3, -0.25) is 4.68 Å². The van der Waals surface area contributed by atoms with E-state index in [0.29, 0.717) is 17.9 Å². The summed E-state index contributed by atoms with van der Waals surface area (Å²) >= 11 is 0. The van der Waals surface area contributed by atoms with Crippen molar-refractivity contribution in [3.8, 4) is 0 Å². The minimum Gasteiger partial charge on any atom is -0.382 e. The summed E-state index contributed by atoms with van der Waals surface area (Å²) in [5.74, 6) is 0.245. The lowest BCUT2D eigenvalue weighted by molar-refractivity contribution is 0.581. The maximum absolute atomic E-state index is 13.3. The maximum atomic E-state index is 13.3. The molecule has 0 saturated carbocycles. The van der Waals surface area contributed by atoms with Crippen LogP contribution in [0.15, 0.2) is 30.3 Å². The number of aryl methyl sites for hydroxylation is 1. The first-order valence-corrected chi connectivity index (χ1v) is 4.70. The minimum absolute atomic E-state index is 0.217. The molecule has 0 unspecified atom stereocenters. The highest BCUT2D eigenvalue weighted by Gasteiger charge is 2.05. The van der Waals surface area contributed by atoms with E-state index in [1.54, 1.807) is 28.9 Å². The zero-order chi connectivity index (χ0) is 10.8. The van der Waals surface area contributed by atoms with E-state index in [9.17, 15) is 4.39 Å². The van der Waals surface area contributed by atoms with E-state index in [4.69, 9.17) is 5.73 Å². The molecule has 0 aliphatic carbocycles. The molecule has 0 saturated heterocycles. The van der Waals surface area contributed by atoms with Crippen LogP contribution in [-0.4, -0.2) is 9.78 Å². The Morgan fingerprint density at radius 1 is 1.40 bits per heavy atom. The zero-order valence-electron chi connectivity index (χ0n) is 8.44. The molecule has 0 radical (unpaired) electrons. The van der Waals surface area contributed by atoms with Crippen molar-refractivity contribution in [1.29, 1.82) is 0 Å². The third kappa shape index (κ3) is 1.98. The van der Waals surface area contributed by atoms with Crippen LogP contribution in [0.4, 0.5) is 10.2 Å². The Bertz CT molecular complexity index is 476. The first-order valence-electron chi connectivity index (χ1n) is 4.70. The molecule has 0 aliphatic heterocycles. The van der Waals surface area contributed by atoms with Gasteiger partial charge < -0.3 is 5.73 Å². The van der Waals surface area contributed by atoms with E-state index >= 15 is 0 Å². The quantitative estimate of drug-likeness (QED) is 0.814. The molecule has 2 aromatic rings. The van der Waals surface area contributed by atoms with Crippen LogP contribution >= 0.6 is 0 Å². The van der Waals surface area contributed by atoms with Gasteiger partial charge in [-0.15, -0.1) is 0 Å². The predicted octanol–water partition coefficient (Wildman–Crippen LogP) is 1.96. The number of nitrogen functional groups attached to an aromatic ring is 1. The van der Waals surface area contributed by atoms with E-state index in [2.05, 4.69) is 5.10 Å². The predicted molar refractivity (Wildman–Crippen MR) is 56.9 cm³/mol. The number of rotatable bonds is 2. The van der Waals surface area contributed by atoms with Crippen molar-refractivity contribution in [3.05, 3.63) is 47.4 Å². The van der Waals surface area contributed by atoms with Gasteiger partial charge in [-0.2, -0.15) is 5.10 Å².